The molecule has 0 N–H and O–H groups in total. The summed E-state index contributed by atoms with van der Waals surface area (Å²) in [7, 11) is 0. The average molecular weight is 185 g/mol. The number of rotatable bonds is 1. The first-order valence-corrected chi connectivity index (χ1v) is 4.04. The Morgan fingerprint density at radius 1 is 1.21 bits per heavy atom. The van der Waals surface area contributed by atoms with Gasteiger partial charge < -0.3 is 0 Å². The minimum atomic E-state index is 0.300. The molecule has 0 aromatic carbocycles. The molecule has 5 heteroatoms. The molecular formula is C9H7N5. The zero-order valence-electron chi connectivity index (χ0n) is 7.55. The van der Waals surface area contributed by atoms with E-state index in [1.54, 1.807) is 23.2 Å². The van der Waals surface area contributed by atoms with Crippen molar-refractivity contribution in [3.63, 3.8) is 0 Å². The molecule has 0 aliphatic rings. The predicted molar refractivity (Wildman–Crippen MR) is 48.6 cm³/mol. The highest BCUT2D eigenvalue weighted by atomic mass is 15.1. The summed E-state index contributed by atoms with van der Waals surface area (Å²) >= 11 is 0. The van der Waals surface area contributed by atoms with E-state index in [0.29, 0.717) is 11.5 Å². The fourth-order valence-electron chi connectivity index (χ4n) is 1.19. The first-order chi connectivity index (χ1) is 6.83. The second-order valence-corrected chi connectivity index (χ2v) is 2.68. The van der Waals surface area contributed by atoms with Crippen LogP contribution < -0.4 is 0 Å². The summed E-state index contributed by atoms with van der Waals surface area (Å²) in [4.78, 5) is 12.1. The van der Waals surface area contributed by atoms with Crippen molar-refractivity contribution in [3.8, 4) is 11.9 Å². The SMILES string of the molecule is Cc1nccn1-c1nccnc1C#N. The van der Waals surface area contributed by atoms with Gasteiger partial charge >= 0.3 is 0 Å². The van der Waals surface area contributed by atoms with E-state index in [9.17, 15) is 0 Å². The van der Waals surface area contributed by atoms with Gasteiger partial charge in [0.25, 0.3) is 0 Å². The lowest BCUT2D eigenvalue weighted by molar-refractivity contribution is 0.910. The zero-order valence-corrected chi connectivity index (χ0v) is 7.55. The largest absolute Gasteiger partial charge is 0.286 e. The number of aryl methyl sites for hydroxylation is 1. The van der Waals surface area contributed by atoms with Crippen LogP contribution in [0.3, 0.4) is 0 Å². The summed E-state index contributed by atoms with van der Waals surface area (Å²) in [6.07, 6.45) is 6.45. The maximum Gasteiger partial charge on any atom is 0.183 e. The molecule has 2 aromatic rings. The van der Waals surface area contributed by atoms with Crippen molar-refractivity contribution >= 4 is 0 Å². The maximum absolute atomic E-state index is 8.82. The van der Waals surface area contributed by atoms with Crippen LogP contribution in [0, 0.1) is 18.3 Å². The van der Waals surface area contributed by atoms with Gasteiger partial charge in [-0.15, -0.1) is 0 Å². The Morgan fingerprint density at radius 2 is 2.00 bits per heavy atom. The lowest BCUT2D eigenvalue weighted by Gasteiger charge is -2.03. The summed E-state index contributed by atoms with van der Waals surface area (Å²) in [6, 6.07) is 1.99. The Morgan fingerprint density at radius 3 is 2.64 bits per heavy atom. The highest BCUT2D eigenvalue weighted by Gasteiger charge is 2.07. The van der Waals surface area contributed by atoms with Crippen LogP contribution in [-0.2, 0) is 0 Å². The van der Waals surface area contributed by atoms with E-state index < -0.39 is 0 Å². The number of aromatic nitrogens is 4. The van der Waals surface area contributed by atoms with Crippen molar-refractivity contribution in [2.75, 3.05) is 0 Å². The van der Waals surface area contributed by atoms with Crippen LogP contribution in [0.4, 0.5) is 0 Å². The van der Waals surface area contributed by atoms with Crippen LogP contribution in [0.25, 0.3) is 5.82 Å². The molecule has 0 radical (unpaired) electrons. The van der Waals surface area contributed by atoms with E-state index >= 15 is 0 Å². The van der Waals surface area contributed by atoms with Gasteiger partial charge in [0.2, 0.25) is 0 Å². The molecule has 2 rings (SSSR count). The third-order valence-electron chi connectivity index (χ3n) is 1.84. The minimum absolute atomic E-state index is 0.300. The van der Waals surface area contributed by atoms with Gasteiger partial charge in [0.05, 0.1) is 0 Å². The van der Waals surface area contributed by atoms with Crippen molar-refractivity contribution in [1.29, 1.82) is 5.26 Å². The lowest BCUT2D eigenvalue weighted by Crippen LogP contribution is -2.03. The van der Waals surface area contributed by atoms with E-state index in [2.05, 4.69) is 15.0 Å². The zero-order chi connectivity index (χ0) is 9.97. The van der Waals surface area contributed by atoms with E-state index in [1.165, 1.54) is 6.20 Å². The Labute approximate surface area is 80.7 Å². The molecule has 0 saturated heterocycles. The Bertz CT molecular complexity index is 494. The molecular weight excluding hydrogens is 178 g/mol. The Balaban J connectivity index is 2.64. The average Bonchev–Trinajstić information content (AvgIpc) is 2.64. The first-order valence-electron chi connectivity index (χ1n) is 4.04. The molecule has 0 fully saturated rings. The quantitative estimate of drug-likeness (QED) is 0.660. The topological polar surface area (TPSA) is 67.4 Å². The second kappa shape index (κ2) is 3.26. The maximum atomic E-state index is 8.82. The van der Waals surface area contributed by atoms with Crippen LogP contribution in [0.5, 0.6) is 0 Å². The molecule has 5 nitrogen and oxygen atoms in total. The number of imidazole rings is 1. The molecule has 0 amide bonds. The third kappa shape index (κ3) is 1.23. The molecule has 14 heavy (non-hydrogen) atoms. The van der Waals surface area contributed by atoms with Crippen LogP contribution in [0.15, 0.2) is 24.8 Å². The van der Waals surface area contributed by atoms with Crippen molar-refractivity contribution in [1.82, 2.24) is 19.5 Å². The lowest BCUT2D eigenvalue weighted by atomic mass is 10.4. The minimum Gasteiger partial charge on any atom is -0.286 e. The molecule has 0 aliphatic heterocycles. The van der Waals surface area contributed by atoms with Gasteiger partial charge in [0.15, 0.2) is 11.5 Å². The van der Waals surface area contributed by atoms with E-state index in [0.717, 1.165) is 5.82 Å². The van der Waals surface area contributed by atoms with Crippen molar-refractivity contribution in [2.45, 2.75) is 6.92 Å². The van der Waals surface area contributed by atoms with Gasteiger partial charge in [-0.05, 0) is 6.92 Å². The highest BCUT2D eigenvalue weighted by molar-refractivity contribution is 5.38. The molecule has 0 unspecified atom stereocenters. The molecule has 0 atom stereocenters. The molecule has 0 saturated carbocycles. The molecule has 0 aliphatic carbocycles. The van der Waals surface area contributed by atoms with Gasteiger partial charge in [0, 0.05) is 24.8 Å². The number of hydrogen-bond donors (Lipinski definition) is 0. The van der Waals surface area contributed by atoms with Crippen molar-refractivity contribution in [2.24, 2.45) is 0 Å². The fourth-order valence-corrected chi connectivity index (χ4v) is 1.19. The number of hydrogen-bond acceptors (Lipinski definition) is 4. The molecule has 68 valence electrons. The van der Waals surface area contributed by atoms with E-state index in [1.807, 2.05) is 13.0 Å². The summed E-state index contributed by atoms with van der Waals surface area (Å²) in [5, 5.41) is 8.82. The van der Waals surface area contributed by atoms with Crippen molar-refractivity contribution < 1.29 is 0 Å². The monoisotopic (exact) mass is 185 g/mol. The van der Waals surface area contributed by atoms with E-state index in [-0.39, 0.29) is 0 Å². The van der Waals surface area contributed by atoms with Crippen LogP contribution >= 0.6 is 0 Å². The van der Waals surface area contributed by atoms with Crippen molar-refractivity contribution in [3.05, 3.63) is 36.3 Å². The normalized spacial score (nSPS) is 9.71. The van der Waals surface area contributed by atoms with Gasteiger partial charge in [-0.1, -0.05) is 0 Å². The number of nitrogens with zero attached hydrogens (tertiary/aromatic N) is 5. The smallest absolute Gasteiger partial charge is 0.183 e. The third-order valence-corrected chi connectivity index (χ3v) is 1.84. The second-order valence-electron chi connectivity index (χ2n) is 2.68. The Kier molecular flexibility index (Phi) is 1.95. The summed E-state index contributed by atoms with van der Waals surface area (Å²) < 4.78 is 1.73. The van der Waals surface area contributed by atoms with Crippen LogP contribution in [0.2, 0.25) is 0 Å². The van der Waals surface area contributed by atoms with Gasteiger partial charge in [-0.3, -0.25) is 4.57 Å². The molecule has 0 bridgehead atoms. The number of nitriles is 1. The Hall–Kier alpha value is -2.22. The summed E-state index contributed by atoms with van der Waals surface area (Å²) in [5.41, 5.74) is 0.300. The van der Waals surface area contributed by atoms with Crippen LogP contribution in [0.1, 0.15) is 11.5 Å². The predicted octanol–water partition coefficient (Wildman–Crippen LogP) is 0.842. The van der Waals surface area contributed by atoms with Gasteiger partial charge in [0.1, 0.15) is 11.9 Å². The van der Waals surface area contributed by atoms with E-state index in [4.69, 9.17) is 5.26 Å². The molecule has 2 aromatic heterocycles. The highest BCUT2D eigenvalue weighted by Crippen LogP contribution is 2.09. The molecule has 2 heterocycles. The summed E-state index contributed by atoms with van der Waals surface area (Å²) in [5.74, 6) is 1.30. The molecule has 0 spiro atoms. The van der Waals surface area contributed by atoms with Gasteiger partial charge in [-0.2, -0.15) is 5.26 Å². The standard InChI is InChI=1S/C9H7N5/c1-7-11-4-5-14(7)9-8(6-10)12-2-3-13-9/h2-5H,1H3. The first kappa shape index (κ1) is 8.38. The van der Waals surface area contributed by atoms with Gasteiger partial charge in [-0.25, -0.2) is 15.0 Å². The summed E-state index contributed by atoms with van der Waals surface area (Å²) in [6.45, 7) is 1.84. The van der Waals surface area contributed by atoms with Crippen LogP contribution in [-0.4, -0.2) is 19.5 Å². The fraction of sp³-hybridized carbons (Fsp3) is 0.111.